The molecule has 2 amide bonds. The van der Waals surface area contributed by atoms with Crippen molar-refractivity contribution < 1.29 is 19.0 Å². The first-order valence-electron chi connectivity index (χ1n) is 9.41. The van der Waals surface area contributed by atoms with Crippen molar-refractivity contribution >= 4 is 17.4 Å². The number of benzene rings is 2. The number of para-hydroxylation sites is 2. The summed E-state index contributed by atoms with van der Waals surface area (Å²) < 4.78 is 16.4. The molecule has 0 bridgehead atoms. The van der Waals surface area contributed by atoms with Crippen LogP contribution in [0.1, 0.15) is 5.56 Å². The third-order valence-electron chi connectivity index (χ3n) is 4.47. The highest BCUT2D eigenvalue weighted by atomic mass is 16.5. The number of ether oxygens (including phenoxy) is 3. The number of nitrogens with one attached hydrogen (secondary N) is 2. The number of methoxy groups -OCH3 is 1. The van der Waals surface area contributed by atoms with E-state index >= 15 is 0 Å². The van der Waals surface area contributed by atoms with E-state index in [0.29, 0.717) is 37.9 Å². The van der Waals surface area contributed by atoms with Crippen molar-refractivity contribution in [3.05, 3.63) is 48.0 Å². The first-order chi connectivity index (χ1) is 13.7. The molecule has 1 saturated heterocycles. The van der Waals surface area contributed by atoms with E-state index in [1.54, 1.807) is 7.11 Å². The number of hydrogen-bond donors (Lipinski definition) is 2. The van der Waals surface area contributed by atoms with Crippen molar-refractivity contribution in [1.82, 2.24) is 5.32 Å². The van der Waals surface area contributed by atoms with Gasteiger partial charge in [0.05, 0.1) is 38.2 Å². The quantitative estimate of drug-likeness (QED) is 0.717. The van der Waals surface area contributed by atoms with E-state index in [0.717, 1.165) is 30.0 Å². The van der Waals surface area contributed by atoms with Gasteiger partial charge in [-0.25, -0.2) is 4.79 Å². The van der Waals surface area contributed by atoms with Gasteiger partial charge in [-0.3, -0.25) is 0 Å². The topological polar surface area (TPSA) is 72.1 Å². The molecule has 0 aliphatic carbocycles. The first-order valence-corrected chi connectivity index (χ1v) is 9.41. The van der Waals surface area contributed by atoms with Crippen molar-refractivity contribution in [3.8, 4) is 11.5 Å². The standard InChI is InChI=1S/C21H27N3O4/c1-16-7-8-19(20(15-16)26-2)28-12-9-22-21(25)23-17-5-3-4-6-18(17)24-10-13-27-14-11-24/h3-8,15H,9-14H2,1-2H3,(H2,22,23,25). The lowest BCUT2D eigenvalue weighted by Gasteiger charge is -2.30. The Balaban J connectivity index is 1.49. The molecule has 7 heteroatoms. The monoisotopic (exact) mass is 385 g/mol. The molecule has 0 spiro atoms. The molecule has 150 valence electrons. The number of anilines is 2. The van der Waals surface area contributed by atoms with Crippen molar-refractivity contribution in [2.45, 2.75) is 6.92 Å². The minimum atomic E-state index is -0.264. The van der Waals surface area contributed by atoms with Crippen LogP contribution in [0.15, 0.2) is 42.5 Å². The minimum Gasteiger partial charge on any atom is -0.493 e. The molecule has 7 nitrogen and oxygen atoms in total. The summed E-state index contributed by atoms with van der Waals surface area (Å²) in [5.41, 5.74) is 2.88. The van der Waals surface area contributed by atoms with Crippen LogP contribution in [0.4, 0.5) is 16.2 Å². The largest absolute Gasteiger partial charge is 0.493 e. The van der Waals surface area contributed by atoms with Crippen LogP contribution < -0.4 is 25.0 Å². The molecule has 2 aromatic rings. The summed E-state index contributed by atoms with van der Waals surface area (Å²) >= 11 is 0. The van der Waals surface area contributed by atoms with Gasteiger partial charge in [0.15, 0.2) is 11.5 Å². The fourth-order valence-corrected chi connectivity index (χ4v) is 3.05. The highest BCUT2D eigenvalue weighted by Crippen LogP contribution is 2.28. The Morgan fingerprint density at radius 2 is 1.93 bits per heavy atom. The van der Waals surface area contributed by atoms with Crippen LogP contribution in [-0.4, -0.2) is 52.6 Å². The number of carbonyl (C=O) groups excluding carboxylic acids is 1. The zero-order chi connectivity index (χ0) is 19.8. The van der Waals surface area contributed by atoms with Gasteiger partial charge in [-0.2, -0.15) is 0 Å². The van der Waals surface area contributed by atoms with E-state index in [9.17, 15) is 4.79 Å². The van der Waals surface area contributed by atoms with Crippen LogP contribution in [0.3, 0.4) is 0 Å². The predicted octanol–water partition coefficient (Wildman–Crippen LogP) is 3.04. The molecule has 2 N–H and O–H groups in total. The smallest absolute Gasteiger partial charge is 0.319 e. The number of nitrogens with zero attached hydrogens (tertiary/aromatic N) is 1. The fourth-order valence-electron chi connectivity index (χ4n) is 3.05. The van der Waals surface area contributed by atoms with Gasteiger partial charge in [0, 0.05) is 13.1 Å². The second-order valence-electron chi connectivity index (χ2n) is 6.50. The van der Waals surface area contributed by atoms with E-state index in [4.69, 9.17) is 14.2 Å². The number of urea groups is 1. The highest BCUT2D eigenvalue weighted by Gasteiger charge is 2.15. The maximum Gasteiger partial charge on any atom is 0.319 e. The molecule has 28 heavy (non-hydrogen) atoms. The van der Waals surface area contributed by atoms with Crippen molar-refractivity contribution in [2.75, 3.05) is 56.8 Å². The van der Waals surface area contributed by atoms with E-state index < -0.39 is 0 Å². The Labute approximate surface area is 165 Å². The summed E-state index contributed by atoms with van der Waals surface area (Å²) in [6.07, 6.45) is 0. The van der Waals surface area contributed by atoms with Gasteiger partial charge in [-0.05, 0) is 36.8 Å². The minimum absolute atomic E-state index is 0.264. The summed E-state index contributed by atoms with van der Waals surface area (Å²) in [6.45, 7) is 5.73. The normalized spacial score (nSPS) is 13.7. The molecule has 0 radical (unpaired) electrons. The van der Waals surface area contributed by atoms with Crippen LogP contribution in [-0.2, 0) is 4.74 Å². The van der Waals surface area contributed by atoms with E-state index in [1.807, 2.05) is 49.4 Å². The molecule has 2 aromatic carbocycles. The van der Waals surface area contributed by atoms with Crippen LogP contribution in [0.2, 0.25) is 0 Å². The number of amides is 2. The number of aryl methyl sites for hydroxylation is 1. The maximum absolute atomic E-state index is 12.3. The van der Waals surface area contributed by atoms with Gasteiger partial charge in [0.1, 0.15) is 6.61 Å². The third-order valence-corrected chi connectivity index (χ3v) is 4.47. The SMILES string of the molecule is COc1cc(C)ccc1OCCNC(=O)Nc1ccccc1N1CCOCC1. The molecule has 0 unspecified atom stereocenters. The number of carbonyl (C=O) groups is 1. The Morgan fingerprint density at radius 1 is 1.14 bits per heavy atom. The summed E-state index contributed by atoms with van der Waals surface area (Å²) in [5.74, 6) is 1.34. The lowest BCUT2D eigenvalue weighted by atomic mass is 10.2. The van der Waals surface area contributed by atoms with Gasteiger partial charge in [-0.1, -0.05) is 18.2 Å². The van der Waals surface area contributed by atoms with E-state index in [-0.39, 0.29) is 6.03 Å². The molecule has 3 rings (SSSR count). The second kappa shape index (κ2) is 9.85. The zero-order valence-electron chi connectivity index (χ0n) is 16.4. The van der Waals surface area contributed by atoms with Gasteiger partial charge in [0.25, 0.3) is 0 Å². The molecule has 1 heterocycles. The van der Waals surface area contributed by atoms with Crippen molar-refractivity contribution in [3.63, 3.8) is 0 Å². The van der Waals surface area contributed by atoms with Crippen LogP contribution in [0.25, 0.3) is 0 Å². The van der Waals surface area contributed by atoms with Gasteiger partial charge in [-0.15, -0.1) is 0 Å². The molecule has 0 aromatic heterocycles. The Hall–Kier alpha value is -2.93. The van der Waals surface area contributed by atoms with Gasteiger partial charge >= 0.3 is 6.03 Å². The lowest BCUT2D eigenvalue weighted by Crippen LogP contribution is -2.37. The number of rotatable bonds is 7. The van der Waals surface area contributed by atoms with Crippen molar-refractivity contribution in [2.24, 2.45) is 0 Å². The average molecular weight is 385 g/mol. The molecule has 1 aliphatic rings. The molecular formula is C21H27N3O4. The average Bonchev–Trinajstić information content (AvgIpc) is 2.73. The number of hydrogen-bond acceptors (Lipinski definition) is 5. The predicted molar refractivity (Wildman–Crippen MR) is 110 cm³/mol. The lowest BCUT2D eigenvalue weighted by molar-refractivity contribution is 0.123. The first kappa shape index (κ1) is 19.8. The Morgan fingerprint density at radius 3 is 2.71 bits per heavy atom. The van der Waals surface area contributed by atoms with Crippen LogP contribution >= 0.6 is 0 Å². The summed E-state index contributed by atoms with van der Waals surface area (Å²) in [4.78, 5) is 14.5. The van der Waals surface area contributed by atoms with Gasteiger partial charge in [0.2, 0.25) is 0 Å². The second-order valence-corrected chi connectivity index (χ2v) is 6.50. The molecule has 0 saturated carbocycles. The molecule has 1 fully saturated rings. The maximum atomic E-state index is 12.3. The molecular weight excluding hydrogens is 358 g/mol. The van der Waals surface area contributed by atoms with Crippen LogP contribution in [0.5, 0.6) is 11.5 Å². The highest BCUT2D eigenvalue weighted by molar-refractivity contribution is 5.93. The van der Waals surface area contributed by atoms with E-state index in [2.05, 4.69) is 15.5 Å². The Kier molecular flexibility index (Phi) is 6.97. The Bertz CT molecular complexity index is 791. The van der Waals surface area contributed by atoms with Crippen molar-refractivity contribution in [1.29, 1.82) is 0 Å². The van der Waals surface area contributed by atoms with Gasteiger partial charge < -0.3 is 29.7 Å². The van der Waals surface area contributed by atoms with Crippen LogP contribution in [0, 0.1) is 6.92 Å². The third kappa shape index (κ3) is 5.29. The molecule has 1 aliphatic heterocycles. The summed E-state index contributed by atoms with van der Waals surface area (Å²) in [6, 6.07) is 13.3. The summed E-state index contributed by atoms with van der Waals surface area (Å²) in [5, 5.41) is 5.75. The zero-order valence-corrected chi connectivity index (χ0v) is 16.4. The number of morpholine rings is 1. The molecule has 0 atom stereocenters. The van der Waals surface area contributed by atoms with E-state index in [1.165, 1.54) is 0 Å². The summed E-state index contributed by atoms with van der Waals surface area (Å²) in [7, 11) is 1.61. The fraction of sp³-hybridized carbons (Fsp3) is 0.381.